The molecule has 5 heteroatoms. The van der Waals surface area contributed by atoms with E-state index in [4.69, 9.17) is 0 Å². The Morgan fingerprint density at radius 1 is 1.17 bits per heavy atom. The van der Waals surface area contributed by atoms with Gasteiger partial charge in [0.1, 0.15) is 0 Å². The Bertz CT molecular complexity index is 445. The van der Waals surface area contributed by atoms with Crippen molar-refractivity contribution in [3.05, 3.63) is 35.4 Å². The Hall–Kier alpha value is -1.23. The van der Waals surface area contributed by atoms with E-state index in [9.17, 15) is 13.6 Å². The molecule has 1 aromatic rings. The van der Waals surface area contributed by atoms with Gasteiger partial charge in [-0.2, -0.15) is 0 Å². The minimum atomic E-state index is -0.994. The van der Waals surface area contributed by atoms with Gasteiger partial charge in [-0.3, -0.25) is 4.79 Å². The van der Waals surface area contributed by atoms with Crippen molar-refractivity contribution in [2.24, 2.45) is 0 Å². The smallest absolute Gasteiger partial charge is 0.251 e. The number of nitrogens with one attached hydrogen (secondary N) is 1. The van der Waals surface area contributed by atoms with Gasteiger partial charge in [0.25, 0.3) is 5.91 Å². The highest BCUT2D eigenvalue weighted by Gasteiger charge is 2.20. The van der Waals surface area contributed by atoms with Crippen LogP contribution in [0.1, 0.15) is 36.0 Å². The summed E-state index contributed by atoms with van der Waals surface area (Å²) in [6, 6.07) is 3.32. The van der Waals surface area contributed by atoms with Crippen LogP contribution in [0.25, 0.3) is 0 Å². The van der Waals surface area contributed by atoms with E-state index in [2.05, 4.69) is 15.6 Å². The lowest BCUT2D eigenvalue weighted by molar-refractivity contribution is 0.0927. The second-order valence-corrected chi connectivity index (χ2v) is 5.47. The molecule has 0 spiro atoms. The third kappa shape index (κ3) is 3.16. The van der Waals surface area contributed by atoms with Crippen LogP contribution in [0.4, 0.5) is 8.78 Å². The maximum Gasteiger partial charge on any atom is 0.251 e. The molecule has 1 amide bonds. The van der Waals surface area contributed by atoms with Gasteiger partial charge >= 0.3 is 0 Å². The fraction of sp³-hybridized carbons (Fsp3) is 0.462. The summed E-state index contributed by atoms with van der Waals surface area (Å²) >= 11 is 0. The van der Waals surface area contributed by atoms with Gasteiger partial charge in [-0.1, -0.05) is 18.4 Å². The minimum Gasteiger partial charge on any atom is -0.349 e. The third-order valence-electron chi connectivity index (χ3n) is 3.24. The lowest BCUT2D eigenvalue weighted by atomic mass is 9.94. The number of hydrogen-bond donors (Lipinski definition) is 1. The van der Waals surface area contributed by atoms with Gasteiger partial charge in [0.05, 0.1) is 0 Å². The molecule has 1 aliphatic rings. The molecule has 2 nitrogen and oxygen atoms in total. The van der Waals surface area contributed by atoms with Crippen LogP contribution in [0, 0.1) is 11.6 Å². The first kappa shape index (κ1) is 13.2. The average Bonchev–Trinajstić information content (AvgIpc) is 2.35. The van der Waals surface area contributed by atoms with Crippen LogP contribution in [0.2, 0.25) is 5.54 Å². The van der Waals surface area contributed by atoms with E-state index in [-0.39, 0.29) is 17.5 Å². The Labute approximate surface area is 108 Å². The fourth-order valence-corrected chi connectivity index (χ4v) is 2.48. The highest BCUT2D eigenvalue weighted by atomic mass is 28.1. The topological polar surface area (TPSA) is 29.1 Å². The summed E-state index contributed by atoms with van der Waals surface area (Å²) in [6.07, 6.45) is 3.84. The van der Waals surface area contributed by atoms with Crippen molar-refractivity contribution < 1.29 is 13.6 Å². The SMILES string of the molecule is O=C(NC1CCC([Si])CC1)c1ccc(F)c(F)c1. The summed E-state index contributed by atoms with van der Waals surface area (Å²) in [5.41, 5.74) is 0.677. The molecule has 0 atom stereocenters. The van der Waals surface area contributed by atoms with Crippen molar-refractivity contribution in [3.63, 3.8) is 0 Å². The summed E-state index contributed by atoms with van der Waals surface area (Å²) in [5, 5.41) is 2.85. The van der Waals surface area contributed by atoms with Crippen molar-refractivity contribution in [3.8, 4) is 0 Å². The molecule has 0 aliphatic heterocycles. The number of hydrogen-bond acceptors (Lipinski definition) is 1. The standard InChI is InChI=1S/C13H14F2NOSi/c14-11-6-1-8(7-12(11)15)13(17)16-9-2-4-10(18)5-3-9/h1,6-7,9-10H,2-5H2,(H,16,17). The molecule has 1 fully saturated rings. The summed E-state index contributed by atoms with van der Waals surface area (Å²) in [5.74, 6) is -2.27. The zero-order valence-corrected chi connectivity index (χ0v) is 10.9. The molecule has 3 radical (unpaired) electrons. The normalized spacial score (nSPS) is 23.7. The first-order valence-corrected chi connectivity index (χ1v) is 6.61. The van der Waals surface area contributed by atoms with Gasteiger partial charge in [-0.25, -0.2) is 8.78 Å². The lowest BCUT2D eigenvalue weighted by Gasteiger charge is -2.26. The number of carbonyl (C=O) groups is 1. The van der Waals surface area contributed by atoms with E-state index in [0.29, 0.717) is 5.54 Å². The monoisotopic (exact) mass is 266 g/mol. The Morgan fingerprint density at radius 3 is 2.44 bits per heavy atom. The quantitative estimate of drug-likeness (QED) is 0.819. The van der Waals surface area contributed by atoms with Crippen LogP contribution in [0.3, 0.4) is 0 Å². The third-order valence-corrected chi connectivity index (χ3v) is 3.82. The van der Waals surface area contributed by atoms with Crippen LogP contribution < -0.4 is 5.32 Å². The molecule has 95 valence electrons. The van der Waals surface area contributed by atoms with E-state index >= 15 is 0 Å². The van der Waals surface area contributed by atoms with Crippen molar-refractivity contribution >= 4 is 16.1 Å². The lowest BCUT2D eigenvalue weighted by Crippen LogP contribution is -2.37. The van der Waals surface area contributed by atoms with Crippen molar-refractivity contribution in [1.29, 1.82) is 0 Å². The molecule has 0 heterocycles. The predicted octanol–water partition coefficient (Wildman–Crippen LogP) is 2.59. The van der Waals surface area contributed by atoms with Crippen LogP contribution in [0.5, 0.6) is 0 Å². The molecule has 18 heavy (non-hydrogen) atoms. The van der Waals surface area contributed by atoms with E-state index in [0.717, 1.165) is 37.8 Å². The second kappa shape index (κ2) is 5.61. The molecular formula is C13H14F2NOSi. The van der Waals surface area contributed by atoms with Crippen LogP contribution in [-0.2, 0) is 0 Å². The van der Waals surface area contributed by atoms with Crippen LogP contribution >= 0.6 is 0 Å². The highest BCUT2D eigenvalue weighted by molar-refractivity contribution is 6.11. The first-order chi connectivity index (χ1) is 8.56. The van der Waals surface area contributed by atoms with Crippen molar-refractivity contribution in [1.82, 2.24) is 5.32 Å². The van der Waals surface area contributed by atoms with Crippen molar-refractivity contribution in [2.45, 2.75) is 37.3 Å². The largest absolute Gasteiger partial charge is 0.349 e. The zero-order valence-electron chi connectivity index (χ0n) is 9.88. The maximum atomic E-state index is 13.0. The molecule has 1 aliphatic carbocycles. The van der Waals surface area contributed by atoms with Crippen LogP contribution in [0.15, 0.2) is 18.2 Å². The Balaban J connectivity index is 1.97. The number of halogens is 2. The predicted molar refractivity (Wildman–Crippen MR) is 65.6 cm³/mol. The maximum absolute atomic E-state index is 13.0. The number of carbonyl (C=O) groups excluding carboxylic acids is 1. The molecule has 0 bridgehead atoms. The fourth-order valence-electron chi connectivity index (χ4n) is 2.14. The van der Waals surface area contributed by atoms with Gasteiger partial charge in [-0.05, 0) is 31.0 Å². The highest BCUT2D eigenvalue weighted by Crippen LogP contribution is 2.26. The molecular weight excluding hydrogens is 252 g/mol. The summed E-state index contributed by atoms with van der Waals surface area (Å²) < 4.78 is 25.8. The molecule has 0 saturated heterocycles. The van der Waals surface area contributed by atoms with E-state index in [1.54, 1.807) is 0 Å². The van der Waals surface area contributed by atoms with E-state index < -0.39 is 11.6 Å². The molecule has 0 aromatic heterocycles. The summed E-state index contributed by atoms with van der Waals surface area (Å²) in [4.78, 5) is 11.8. The van der Waals surface area contributed by atoms with E-state index in [1.165, 1.54) is 6.07 Å². The van der Waals surface area contributed by atoms with Gasteiger partial charge in [0.2, 0.25) is 0 Å². The second-order valence-electron chi connectivity index (χ2n) is 4.65. The van der Waals surface area contributed by atoms with Crippen LogP contribution in [-0.4, -0.2) is 22.2 Å². The van der Waals surface area contributed by atoms with Gasteiger partial charge in [-0.15, -0.1) is 0 Å². The number of benzene rings is 1. The number of rotatable bonds is 2. The average molecular weight is 266 g/mol. The Kier molecular flexibility index (Phi) is 4.11. The number of amides is 1. The van der Waals surface area contributed by atoms with E-state index in [1.807, 2.05) is 0 Å². The minimum absolute atomic E-state index is 0.123. The van der Waals surface area contributed by atoms with Gasteiger partial charge in [0.15, 0.2) is 11.6 Å². The molecule has 2 rings (SSSR count). The molecule has 1 aromatic carbocycles. The van der Waals surface area contributed by atoms with Gasteiger partial charge in [0, 0.05) is 21.8 Å². The zero-order chi connectivity index (χ0) is 13.1. The summed E-state index contributed by atoms with van der Waals surface area (Å²) in [6.45, 7) is 0. The van der Waals surface area contributed by atoms with Gasteiger partial charge < -0.3 is 5.32 Å². The molecule has 0 unspecified atom stereocenters. The molecule has 1 N–H and O–H groups in total. The Morgan fingerprint density at radius 2 is 1.83 bits per heavy atom. The van der Waals surface area contributed by atoms with Crippen molar-refractivity contribution in [2.75, 3.05) is 0 Å². The first-order valence-electron chi connectivity index (χ1n) is 6.03. The molecule has 1 saturated carbocycles. The summed E-state index contributed by atoms with van der Waals surface area (Å²) in [7, 11) is 3.59.